The SMILES string of the molecule is CNCC(=Cc1cc(N)c(F)cc1F)B1OC(C)(C)C(C)(C)O1. The Labute approximate surface area is 136 Å². The van der Waals surface area contributed by atoms with Crippen molar-refractivity contribution in [1.29, 1.82) is 0 Å². The summed E-state index contributed by atoms with van der Waals surface area (Å²) in [6, 6.07) is 2.05. The predicted molar refractivity (Wildman–Crippen MR) is 88.8 cm³/mol. The highest BCUT2D eigenvalue weighted by Gasteiger charge is 2.52. The van der Waals surface area contributed by atoms with Crippen molar-refractivity contribution in [2.45, 2.75) is 38.9 Å². The van der Waals surface area contributed by atoms with Gasteiger partial charge >= 0.3 is 7.12 Å². The van der Waals surface area contributed by atoms with E-state index in [4.69, 9.17) is 15.0 Å². The van der Waals surface area contributed by atoms with Crippen LogP contribution in [0.2, 0.25) is 0 Å². The van der Waals surface area contributed by atoms with Crippen LogP contribution in [-0.2, 0) is 9.31 Å². The molecule has 1 heterocycles. The topological polar surface area (TPSA) is 56.5 Å². The number of nitrogens with one attached hydrogen (secondary N) is 1. The van der Waals surface area contributed by atoms with Gasteiger partial charge in [0.2, 0.25) is 0 Å². The fourth-order valence-corrected chi connectivity index (χ4v) is 2.29. The summed E-state index contributed by atoms with van der Waals surface area (Å²) in [6.45, 7) is 8.22. The molecule has 1 aromatic carbocycles. The van der Waals surface area contributed by atoms with Gasteiger partial charge in [-0.15, -0.1) is 0 Å². The number of halogens is 2. The highest BCUT2D eigenvalue weighted by molar-refractivity contribution is 6.55. The molecule has 7 heteroatoms. The lowest BCUT2D eigenvalue weighted by Gasteiger charge is -2.32. The third-order valence-electron chi connectivity index (χ3n) is 4.39. The Hall–Kier alpha value is -1.44. The van der Waals surface area contributed by atoms with Gasteiger partial charge in [-0.05, 0) is 46.3 Å². The van der Waals surface area contributed by atoms with E-state index in [2.05, 4.69) is 5.32 Å². The first-order valence-corrected chi connectivity index (χ1v) is 7.52. The first-order valence-electron chi connectivity index (χ1n) is 7.52. The quantitative estimate of drug-likeness (QED) is 0.660. The van der Waals surface area contributed by atoms with E-state index in [0.717, 1.165) is 6.07 Å². The summed E-state index contributed by atoms with van der Waals surface area (Å²) in [5, 5.41) is 3.01. The Morgan fingerprint density at radius 2 is 1.74 bits per heavy atom. The number of hydrogen-bond acceptors (Lipinski definition) is 4. The molecule has 1 aliphatic heterocycles. The minimum atomic E-state index is -0.773. The van der Waals surface area contributed by atoms with Crippen molar-refractivity contribution in [2.24, 2.45) is 0 Å². The van der Waals surface area contributed by atoms with Crippen LogP contribution in [0.3, 0.4) is 0 Å². The minimum absolute atomic E-state index is 0.102. The molecule has 4 nitrogen and oxygen atoms in total. The maximum absolute atomic E-state index is 14.0. The van der Waals surface area contributed by atoms with E-state index in [1.165, 1.54) is 6.07 Å². The number of nitrogen functional groups attached to an aromatic ring is 1. The summed E-state index contributed by atoms with van der Waals surface area (Å²) in [6.07, 6.45) is 1.59. The van der Waals surface area contributed by atoms with Crippen LogP contribution in [0.25, 0.3) is 6.08 Å². The van der Waals surface area contributed by atoms with Gasteiger partial charge in [0.25, 0.3) is 0 Å². The van der Waals surface area contributed by atoms with Crippen LogP contribution >= 0.6 is 0 Å². The molecule has 1 fully saturated rings. The molecule has 126 valence electrons. The van der Waals surface area contributed by atoms with E-state index in [0.29, 0.717) is 12.0 Å². The maximum atomic E-state index is 14.0. The second-order valence-corrected chi connectivity index (χ2v) is 6.73. The molecule has 0 radical (unpaired) electrons. The molecular formula is C16H23BF2N2O2. The summed E-state index contributed by atoms with van der Waals surface area (Å²) >= 11 is 0. The van der Waals surface area contributed by atoms with Crippen molar-refractivity contribution < 1.29 is 18.1 Å². The number of nitrogens with two attached hydrogens (primary N) is 1. The molecule has 0 unspecified atom stereocenters. The first-order chi connectivity index (χ1) is 10.6. The van der Waals surface area contributed by atoms with Gasteiger partial charge in [0.05, 0.1) is 16.9 Å². The molecule has 0 aliphatic carbocycles. The molecule has 0 bridgehead atoms. The van der Waals surface area contributed by atoms with E-state index in [9.17, 15) is 8.78 Å². The average Bonchev–Trinajstić information content (AvgIpc) is 2.64. The van der Waals surface area contributed by atoms with Crippen LogP contribution in [-0.4, -0.2) is 31.9 Å². The molecule has 2 rings (SSSR count). The smallest absolute Gasteiger partial charge is 0.400 e. The third kappa shape index (κ3) is 3.57. The molecule has 23 heavy (non-hydrogen) atoms. The van der Waals surface area contributed by atoms with Gasteiger partial charge in [-0.1, -0.05) is 6.08 Å². The van der Waals surface area contributed by atoms with Crippen molar-refractivity contribution in [3.8, 4) is 0 Å². The van der Waals surface area contributed by atoms with Crippen molar-refractivity contribution in [3.05, 3.63) is 34.8 Å². The molecule has 1 saturated heterocycles. The van der Waals surface area contributed by atoms with E-state index >= 15 is 0 Å². The zero-order chi connectivity index (χ0) is 17.4. The van der Waals surface area contributed by atoms with Crippen LogP contribution in [0.5, 0.6) is 0 Å². The second kappa shape index (κ2) is 6.22. The predicted octanol–water partition coefficient (Wildman–Crippen LogP) is 2.78. The third-order valence-corrected chi connectivity index (χ3v) is 4.39. The van der Waals surface area contributed by atoms with Gasteiger partial charge in [-0.25, -0.2) is 8.78 Å². The Morgan fingerprint density at radius 3 is 2.26 bits per heavy atom. The molecule has 3 N–H and O–H groups in total. The van der Waals surface area contributed by atoms with Crippen LogP contribution in [0, 0.1) is 11.6 Å². The highest BCUT2D eigenvalue weighted by Crippen LogP contribution is 2.38. The fraction of sp³-hybridized carbons (Fsp3) is 0.500. The summed E-state index contributed by atoms with van der Waals surface area (Å²) in [7, 11) is 1.16. The van der Waals surface area contributed by atoms with Gasteiger partial charge in [-0.2, -0.15) is 0 Å². The normalized spacial score (nSPS) is 20.1. The van der Waals surface area contributed by atoms with Gasteiger partial charge < -0.3 is 20.4 Å². The molecule has 0 amide bonds. The standard InChI is InChI=1S/C16H23BF2N2O2/c1-15(2)16(3,4)23-17(22-15)11(9-21-5)6-10-7-14(20)13(19)8-12(10)18/h6-8,21H,9,20H2,1-5H3. The van der Waals surface area contributed by atoms with Crippen molar-refractivity contribution in [2.75, 3.05) is 19.3 Å². The van der Waals surface area contributed by atoms with Gasteiger partial charge in [0.15, 0.2) is 0 Å². The largest absolute Gasteiger partial charge is 0.491 e. The summed E-state index contributed by atoms with van der Waals surface area (Å²) in [5.74, 6) is -1.45. The number of anilines is 1. The van der Waals surface area contributed by atoms with E-state index < -0.39 is 30.0 Å². The number of benzene rings is 1. The van der Waals surface area contributed by atoms with Crippen molar-refractivity contribution in [1.82, 2.24) is 5.32 Å². The highest BCUT2D eigenvalue weighted by atomic mass is 19.1. The summed E-state index contributed by atoms with van der Waals surface area (Å²) in [4.78, 5) is 0. The Bertz CT molecular complexity index is 617. The van der Waals surface area contributed by atoms with Crippen molar-refractivity contribution >= 4 is 18.9 Å². The van der Waals surface area contributed by atoms with Crippen LogP contribution in [0.1, 0.15) is 33.3 Å². The Kier molecular flexibility index (Phi) is 4.85. The number of rotatable bonds is 4. The minimum Gasteiger partial charge on any atom is -0.400 e. The number of hydrogen-bond donors (Lipinski definition) is 2. The van der Waals surface area contributed by atoms with Crippen LogP contribution in [0.15, 0.2) is 17.6 Å². The van der Waals surface area contributed by atoms with Gasteiger partial charge in [0, 0.05) is 18.2 Å². The average molecular weight is 324 g/mol. The first kappa shape index (κ1) is 17.9. The Balaban J connectivity index is 2.38. The number of likely N-dealkylation sites (N-methyl/N-ethyl adjacent to an activating group) is 1. The monoisotopic (exact) mass is 324 g/mol. The van der Waals surface area contributed by atoms with E-state index in [-0.39, 0.29) is 11.3 Å². The molecule has 0 aromatic heterocycles. The lowest BCUT2D eigenvalue weighted by molar-refractivity contribution is 0.00578. The fourth-order valence-electron chi connectivity index (χ4n) is 2.29. The second-order valence-electron chi connectivity index (χ2n) is 6.73. The van der Waals surface area contributed by atoms with Crippen molar-refractivity contribution in [3.63, 3.8) is 0 Å². The molecule has 1 aliphatic rings. The molecule has 0 saturated carbocycles. The summed E-state index contributed by atoms with van der Waals surface area (Å²) < 4.78 is 39.3. The Morgan fingerprint density at radius 1 is 1.17 bits per heavy atom. The molecular weight excluding hydrogens is 301 g/mol. The lowest BCUT2D eigenvalue weighted by Crippen LogP contribution is -2.41. The zero-order valence-corrected chi connectivity index (χ0v) is 14.2. The summed E-state index contributed by atoms with van der Waals surface area (Å²) in [5.41, 5.74) is 5.34. The maximum Gasteiger partial charge on any atom is 0.491 e. The van der Waals surface area contributed by atoms with Gasteiger partial charge in [-0.3, -0.25) is 0 Å². The zero-order valence-electron chi connectivity index (χ0n) is 14.2. The lowest BCUT2D eigenvalue weighted by atomic mass is 9.77. The molecule has 0 atom stereocenters. The van der Waals surface area contributed by atoms with E-state index in [1.807, 2.05) is 27.7 Å². The molecule has 0 spiro atoms. The van der Waals surface area contributed by atoms with Crippen LogP contribution < -0.4 is 11.1 Å². The van der Waals surface area contributed by atoms with Crippen LogP contribution in [0.4, 0.5) is 14.5 Å². The van der Waals surface area contributed by atoms with Gasteiger partial charge in [0.1, 0.15) is 11.6 Å². The molecule has 1 aromatic rings. The van der Waals surface area contributed by atoms with E-state index in [1.54, 1.807) is 13.1 Å².